The minimum absolute atomic E-state index is 0.178. The SMILES string of the molecule is NCCNc1ccc2c(c1NCCN)C(=O)c1cnccc1C2=O. The Hall–Kier alpha value is -2.77. The first-order valence-corrected chi connectivity index (χ1v) is 7.77. The third-order valence-electron chi connectivity index (χ3n) is 3.89. The maximum Gasteiger partial charge on any atom is 0.198 e. The first-order chi connectivity index (χ1) is 11.7. The standard InChI is InChI=1S/C17H19N5O2/c18-4-7-21-13-2-1-11-14(15(13)22-8-5-19)17(24)12-9-20-6-3-10(12)16(11)23/h1-3,6,9,21-22H,4-5,7-8,18-19H2. The molecule has 0 spiro atoms. The Kier molecular flexibility index (Phi) is 4.54. The number of hydrogen-bond acceptors (Lipinski definition) is 7. The second-order valence-corrected chi connectivity index (χ2v) is 5.42. The van der Waals surface area contributed by atoms with Gasteiger partial charge >= 0.3 is 0 Å². The van der Waals surface area contributed by atoms with Crippen LogP contribution in [0.15, 0.2) is 30.6 Å². The first-order valence-electron chi connectivity index (χ1n) is 7.77. The molecule has 1 aliphatic carbocycles. The van der Waals surface area contributed by atoms with E-state index in [2.05, 4.69) is 15.6 Å². The van der Waals surface area contributed by atoms with Crippen LogP contribution in [0.5, 0.6) is 0 Å². The van der Waals surface area contributed by atoms with Gasteiger partial charge in [0.1, 0.15) is 0 Å². The van der Waals surface area contributed by atoms with Gasteiger partial charge in [-0.15, -0.1) is 0 Å². The summed E-state index contributed by atoms with van der Waals surface area (Å²) in [5.74, 6) is -0.396. The number of carbonyl (C=O) groups is 2. The largest absolute Gasteiger partial charge is 0.382 e. The molecule has 0 unspecified atom stereocenters. The number of anilines is 2. The molecule has 3 rings (SSSR count). The molecule has 124 valence electrons. The van der Waals surface area contributed by atoms with E-state index in [1.54, 1.807) is 18.2 Å². The van der Waals surface area contributed by atoms with Crippen LogP contribution in [-0.2, 0) is 0 Å². The van der Waals surface area contributed by atoms with Gasteiger partial charge in [-0.3, -0.25) is 14.6 Å². The van der Waals surface area contributed by atoms with Crippen molar-refractivity contribution >= 4 is 22.9 Å². The summed E-state index contributed by atoms with van der Waals surface area (Å²) >= 11 is 0. The van der Waals surface area contributed by atoms with Crippen LogP contribution in [0.4, 0.5) is 11.4 Å². The normalized spacial score (nSPS) is 12.6. The Morgan fingerprint density at radius 2 is 1.62 bits per heavy atom. The molecule has 0 amide bonds. The lowest BCUT2D eigenvalue weighted by atomic mass is 9.83. The summed E-state index contributed by atoms with van der Waals surface area (Å²) in [5.41, 5.74) is 13.9. The van der Waals surface area contributed by atoms with E-state index in [0.29, 0.717) is 54.1 Å². The van der Waals surface area contributed by atoms with Gasteiger partial charge in [-0.25, -0.2) is 0 Å². The molecule has 7 nitrogen and oxygen atoms in total. The van der Waals surface area contributed by atoms with Gasteiger partial charge in [0.05, 0.1) is 22.5 Å². The minimum atomic E-state index is -0.219. The zero-order valence-electron chi connectivity index (χ0n) is 13.1. The topological polar surface area (TPSA) is 123 Å². The van der Waals surface area contributed by atoms with Crippen molar-refractivity contribution in [1.29, 1.82) is 0 Å². The maximum atomic E-state index is 12.9. The quantitative estimate of drug-likeness (QED) is 0.523. The number of fused-ring (bicyclic) bond motifs is 2. The van der Waals surface area contributed by atoms with Crippen LogP contribution in [0, 0.1) is 0 Å². The van der Waals surface area contributed by atoms with Crippen molar-refractivity contribution in [2.24, 2.45) is 11.5 Å². The van der Waals surface area contributed by atoms with E-state index in [-0.39, 0.29) is 11.6 Å². The molecule has 0 saturated heterocycles. The lowest BCUT2D eigenvalue weighted by molar-refractivity contribution is 0.0979. The second kappa shape index (κ2) is 6.77. The van der Waals surface area contributed by atoms with Crippen molar-refractivity contribution < 1.29 is 9.59 Å². The van der Waals surface area contributed by atoms with Gasteiger partial charge in [0.15, 0.2) is 11.6 Å². The summed E-state index contributed by atoms with van der Waals surface area (Å²) in [6.45, 7) is 1.89. The fourth-order valence-electron chi connectivity index (χ4n) is 2.82. The van der Waals surface area contributed by atoms with Gasteiger partial charge in [0.2, 0.25) is 0 Å². The Balaban J connectivity index is 2.16. The fourth-order valence-corrected chi connectivity index (χ4v) is 2.82. The summed E-state index contributed by atoms with van der Waals surface area (Å²) < 4.78 is 0. The molecule has 0 aliphatic heterocycles. The number of nitrogens with one attached hydrogen (secondary N) is 2. The highest BCUT2D eigenvalue weighted by molar-refractivity contribution is 6.30. The molecule has 0 saturated carbocycles. The molecule has 2 aromatic rings. The number of aromatic nitrogens is 1. The molecular formula is C17H19N5O2. The van der Waals surface area contributed by atoms with E-state index in [1.165, 1.54) is 12.4 Å². The number of hydrogen-bond donors (Lipinski definition) is 4. The highest BCUT2D eigenvalue weighted by atomic mass is 16.1. The smallest absolute Gasteiger partial charge is 0.198 e. The average molecular weight is 325 g/mol. The highest BCUT2D eigenvalue weighted by Crippen LogP contribution is 2.36. The van der Waals surface area contributed by atoms with Crippen LogP contribution >= 0.6 is 0 Å². The van der Waals surface area contributed by atoms with Crippen molar-refractivity contribution in [3.8, 4) is 0 Å². The summed E-state index contributed by atoms with van der Waals surface area (Å²) in [4.78, 5) is 29.7. The Morgan fingerprint density at radius 3 is 2.38 bits per heavy atom. The molecule has 1 aromatic carbocycles. The van der Waals surface area contributed by atoms with Crippen LogP contribution < -0.4 is 22.1 Å². The van der Waals surface area contributed by atoms with Crippen molar-refractivity contribution in [1.82, 2.24) is 4.98 Å². The average Bonchev–Trinajstić information content (AvgIpc) is 2.62. The minimum Gasteiger partial charge on any atom is -0.382 e. The van der Waals surface area contributed by atoms with Crippen LogP contribution in [-0.4, -0.2) is 42.7 Å². The fraction of sp³-hybridized carbons (Fsp3) is 0.235. The van der Waals surface area contributed by atoms with Gasteiger partial charge in [-0.2, -0.15) is 0 Å². The molecule has 0 fully saturated rings. The zero-order valence-corrected chi connectivity index (χ0v) is 13.1. The van der Waals surface area contributed by atoms with Gasteiger partial charge in [0.25, 0.3) is 0 Å². The molecule has 1 aromatic heterocycles. The van der Waals surface area contributed by atoms with Crippen LogP contribution in [0.2, 0.25) is 0 Å². The predicted octanol–water partition coefficient (Wildman–Crippen LogP) is 0.598. The number of ketones is 2. The lowest BCUT2D eigenvalue weighted by Crippen LogP contribution is -2.25. The molecule has 0 bridgehead atoms. The molecule has 1 heterocycles. The monoisotopic (exact) mass is 325 g/mol. The van der Waals surface area contributed by atoms with Crippen molar-refractivity contribution in [2.75, 3.05) is 36.8 Å². The Labute approximate surface area is 139 Å². The molecule has 1 aliphatic rings. The number of nitrogens with zero attached hydrogens (tertiary/aromatic N) is 1. The summed E-state index contributed by atoms with van der Waals surface area (Å²) in [5, 5.41) is 6.33. The number of carbonyl (C=O) groups excluding carboxylic acids is 2. The molecule has 24 heavy (non-hydrogen) atoms. The number of nitrogens with two attached hydrogens (primary N) is 2. The van der Waals surface area contributed by atoms with Crippen LogP contribution in [0.25, 0.3) is 0 Å². The number of rotatable bonds is 6. The van der Waals surface area contributed by atoms with Crippen LogP contribution in [0.3, 0.4) is 0 Å². The third-order valence-corrected chi connectivity index (χ3v) is 3.89. The van der Waals surface area contributed by atoms with E-state index in [1.807, 2.05) is 0 Å². The van der Waals surface area contributed by atoms with Crippen molar-refractivity contribution in [2.45, 2.75) is 0 Å². The third kappa shape index (κ3) is 2.64. The van der Waals surface area contributed by atoms with E-state index in [0.717, 1.165) is 5.69 Å². The van der Waals surface area contributed by atoms with Crippen molar-refractivity contribution in [3.05, 3.63) is 52.8 Å². The van der Waals surface area contributed by atoms with Gasteiger partial charge < -0.3 is 22.1 Å². The zero-order chi connectivity index (χ0) is 17.1. The molecule has 7 heteroatoms. The number of pyridine rings is 1. The second-order valence-electron chi connectivity index (χ2n) is 5.42. The van der Waals surface area contributed by atoms with E-state index in [4.69, 9.17) is 11.5 Å². The summed E-state index contributed by atoms with van der Waals surface area (Å²) in [7, 11) is 0. The maximum absolute atomic E-state index is 12.9. The van der Waals surface area contributed by atoms with Crippen LogP contribution in [0.1, 0.15) is 31.8 Å². The molecule has 0 radical (unpaired) electrons. The molecule has 0 atom stereocenters. The summed E-state index contributed by atoms with van der Waals surface area (Å²) in [6.07, 6.45) is 2.95. The molecular weight excluding hydrogens is 306 g/mol. The predicted molar refractivity (Wildman–Crippen MR) is 92.6 cm³/mol. The molecule has 6 N–H and O–H groups in total. The van der Waals surface area contributed by atoms with E-state index < -0.39 is 0 Å². The Bertz CT molecular complexity index is 804. The van der Waals surface area contributed by atoms with E-state index in [9.17, 15) is 9.59 Å². The Morgan fingerprint density at radius 1 is 0.875 bits per heavy atom. The summed E-state index contributed by atoms with van der Waals surface area (Å²) in [6, 6.07) is 5.03. The lowest BCUT2D eigenvalue weighted by Gasteiger charge is -2.23. The van der Waals surface area contributed by atoms with Crippen molar-refractivity contribution in [3.63, 3.8) is 0 Å². The van der Waals surface area contributed by atoms with Gasteiger partial charge in [-0.1, -0.05) is 0 Å². The van der Waals surface area contributed by atoms with Gasteiger partial charge in [-0.05, 0) is 18.2 Å². The number of benzene rings is 1. The van der Waals surface area contributed by atoms with Gasteiger partial charge in [0, 0.05) is 49.7 Å². The highest BCUT2D eigenvalue weighted by Gasteiger charge is 2.32. The van der Waals surface area contributed by atoms with E-state index >= 15 is 0 Å². The first kappa shape index (κ1) is 16.1.